The lowest BCUT2D eigenvalue weighted by Gasteiger charge is -2.40. The van der Waals surface area contributed by atoms with Crippen LogP contribution < -0.4 is 4.90 Å². The number of benzene rings is 1. The zero-order valence-electron chi connectivity index (χ0n) is 15.1. The van der Waals surface area contributed by atoms with Crippen molar-refractivity contribution in [1.29, 1.82) is 0 Å². The van der Waals surface area contributed by atoms with Crippen LogP contribution in [0.25, 0.3) is 0 Å². The molecule has 1 fully saturated rings. The molecule has 26 heavy (non-hydrogen) atoms. The van der Waals surface area contributed by atoms with E-state index in [0.29, 0.717) is 5.96 Å². The van der Waals surface area contributed by atoms with E-state index in [9.17, 15) is 9.59 Å². The van der Waals surface area contributed by atoms with E-state index >= 15 is 0 Å². The van der Waals surface area contributed by atoms with Gasteiger partial charge in [0.05, 0.1) is 0 Å². The summed E-state index contributed by atoms with van der Waals surface area (Å²) in [6.07, 6.45) is 1.04. The summed E-state index contributed by atoms with van der Waals surface area (Å²) in [5, 5.41) is 0. The van der Waals surface area contributed by atoms with Crippen LogP contribution in [-0.4, -0.2) is 58.4 Å². The van der Waals surface area contributed by atoms with Gasteiger partial charge in [0.1, 0.15) is 0 Å². The van der Waals surface area contributed by atoms with Crippen molar-refractivity contribution in [2.75, 3.05) is 18.5 Å². The normalized spacial score (nSPS) is 25.0. The summed E-state index contributed by atoms with van der Waals surface area (Å²) in [6.45, 7) is 7.85. The lowest BCUT2D eigenvalue weighted by Crippen LogP contribution is -2.64. The molecule has 1 saturated heterocycles. The maximum Gasteiger partial charge on any atom is 0.328 e. The number of para-hydroxylation sites is 1. The third-order valence-corrected chi connectivity index (χ3v) is 5.22. The molecule has 7 heteroatoms. The molecule has 3 aliphatic heterocycles. The summed E-state index contributed by atoms with van der Waals surface area (Å²) < 4.78 is 0. The van der Waals surface area contributed by atoms with Gasteiger partial charge in [0.25, 0.3) is 5.91 Å². The number of rotatable bonds is 3. The number of allylic oxidation sites excluding steroid dienone is 2. The summed E-state index contributed by atoms with van der Waals surface area (Å²) in [5.41, 5.74) is 2.97. The predicted octanol–water partition coefficient (Wildman–Crippen LogP) is 2.20. The van der Waals surface area contributed by atoms with E-state index in [4.69, 9.17) is 4.99 Å². The van der Waals surface area contributed by atoms with Crippen LogP contribution in [0.3, 0.4) is 0 Å². The van der Waals surface area contributed by atoms with E-state index in [1.165, 1.54) is 9.80 Å². The molecule has 0 aromatic heterocycles. The highest BCUT2D eigenvalue weighted by atomic mass is 16.2. The van der Waals surface area contributed by atoms with Crippen molar-refractivity contribution < 1.29 is 9.59 Å². The molecule has 1 aromatic carbocycles. The van der Waals surface area contributed by atoms with Gasteiger partial charge in [-0.05, 0) is 26.0 Å². The fraction of sp³-hybridized carbons (Fsp3) is 0.316. The molecular formula is C19H21N5O2. The van der Waals surface area contributed by atoms with Crippen LogP contribution in [0.15, 0.2) is 59.4 Å². The third-order valence-electron chi connectivity index (χ3n) is 5.22. The van der Waals surface area contributed by atoms with E-state index in [2.05, 4.69) is 6.58 Å². The molecule has 0 bridgehead atoms. The first-order valence-corrected chi connectivity index (χ1v) is 8.56. The van der Waals surface area contributed by atoms with Crippen molar-refractivity contribution in [3.8, 4) is 0 Å². The number of carbonyl (C=O) groups is 2. The Bertz CT molecular complexity index is 860. The van der Waals surface area contributed by atoms with Gasteiger partial charge in [0, 0.05) is 30.7 Å². The third kappa shape index (κ3) is 2.03. The van der Waals surface area contributed by atoms with Gasteiger partial charge in [-0.1, -0.05) is 24.3 Å². The highest BCUT2D eigenvalue weighted by Crippen LogP contribution is 2.39. The lowest BCUT2D eigenvalue weighted by molar-refractivity contribution is -0.136. The minimum atomic E-state index is -0.545. The van der Waals surface area contributed by atoms with Crippen LogP contribution in [0.4, 0.5) is 10.5 Å². The second-order valence-electron chi connectivity index (χ2n) is 6.63. The molecule has 0 radical (unpaired) electrons. The standard InChI is InChI=1S/C19H21N5O2/c1-5-11-22-17(25)15-16(21(4)19(22)26)20-18-23(12(2)13(3)24(15)18)14-9-7-6-8-10-14/h5-10,15-16H,1,11H2,2-4H3. The van der Waals surface area contributed by atoms with Crippen LogP contribution in [0.1, 0.15) is 13.8 Å². The second-order valence-corrected chi connectivity index (χ2v) is 6.63. The van der Waals surface area contributed by atoms with Crippen molar-refractivity contribution in [1.82, 2.24) is 14.7 Å². The summed E-state index contributed by atoms with van der Waals surface area (Å²) in [6, 6.07) is 9.02. The van der Waals surface area contributed by atoms with Gasteiger partial charge in [-0.3, -0.25) is 19.5 Å². The van der Waals surface area contributed by atoms with Crippen LogP contribution in [0.5, 0.6) is 0 Å². The minimum Gasteiger partial charge on any atom is -0.302 e. The van der Waals surface area contributed by atoms with Crippen molar-refractivity contribution in [2.24, 2.45) is 4.99 Å². The Morgan fingerprint density at radius 3 is 2.50 bits per heavy atom. The summed E-state index contributed by atoms with van der Waals surface area (Å²) in [7, 11) is 1.69. The molecule has 0 saturated carbocycles. The molecule has 2 atom stereocenters. The fourth-order valence-corrected chi connectivity index (χ4v) is 3.80. The molecule has 0 N–H and O–H groups in total. The van der Waals surface area contributed by atoms with Crippen molar-refractivity contribution in [3.05, 3.63) is 54.4 Å². The minimum absolute atomic E-state index is 0.193. The smallest absolute Gasteiger partial charge is 0.302 e. The number of urea groups is 1. The average molecular weight is 351 g/mol. The maximum atomic E-state index is 13.1. The van der Waals surface area contributed by atoms with Gasteiger partial charge in [-0.15, -0.1) is 6.58 Å². The first kappa shape index (κ1) is 16.4. The zero-order chi connectivity index (χ0) is 18.6. The number of guanidine groups is 1. The Balaban J connectivity index is 1.79. The monoisotopic (exact) mass is 351 g/mol. The number of nitrogens with zero attached hydrogens (tertiary/aromatic N) is 5. The Labute approximate surface area is 152 Å². The molecular weight excluding hydrogens is 330 g/mol. The topological polar surface area (TPSA) is 59.5 Å². The molecule has 2 unspecified atom stereocenters. The zero-order valence-corrected chi connectivity index (χ0v) is 15.1. The molecule has 7 nitrogen and oxygen atoms in total. The summed E-state index contributed by atoms with van der Waals surface area (Å²) in [4.78, 5) is 37.1. The molecule has 134 valence electrons. The number of anilines is 1. The fourth-order valence-electron chi connectivity index (χ4n) is 3.80. The number of hydrogen-bond donors (Lipinski definition) is 0. The number of imide groups is 1. The molecule has 4 rings (SSSR count). The van der Waals surface area contributed by atoms with Crippen LogP contribution in [-0.2, 0) is 4.79 Å². The van der Waals surface area contributed by atoms with Gasteiger partial charge in [-0.2, -0.15) is 0 Å². The maximum absolute atomic E-state index is 13.1. The summed E-state index contributed by atoms with van der Waals surface area (Å²) in [5.74, 6) is 0.452. The van der Waals surface area contributed by atoms with E-state index in [0.717, 1.165) is 17.1 Å². The van der Waals surface area contributed by atoms with Crippen LogP contribution in [0, 0.1) is 0 Å². The Morgan fingerprint density at radius 1 is 1.15 bits per heavy atom. The van der Waals surface area contributed by atoms with Gasteiger partial charge in [0.15, 0.2) is 12.2 Å². The van der Waals surface area contributed by atoms with Gasteiger partial charge in [-0.25, -0.2) is 9.79 Å². The average Bonchev–Trinajstić information content (AvgIpc) is 3.14. The number of aliphatic imine (C=N–C) groups is 1. The molecule has 3 amide bonds. The van der Waals surface area contributed by atoms with E-state index in [1.807, 2.05) is 54.0 Å². The number of amides is 3. The van der Waals surface area contributed by atoms with Crippen molar-refractivity contribution in [3.63, 3.8) is 0 Å². The Kier molecular flexibility index (Phi) is 3.61. The quantitative estimate of drug-likeness (QED) is 0.784. The Hall–Kier alpha value is -3.09. The number of likely N-dealkylation sites (N-methyl/N-ethyl adjacent to an activating group) is 1. The number of hydrogen-bond acceptors (Lipinski definition) is 5. The predicted molar refractivity (Wildman–Crippen MR) is 99.2 cm³/mol. The number of fused-ring (bicyclic) bond motifs is 3. The van der Waals surface area contributed by atoms with Crippen molar-refractivity contribution >= 4 is 23.6 Å². The van der Waals surface area contributed by atoms with E-state index < -0.39 is 12.2 Å². The van der Waals surface area contributed by atoms with Crippen LogP contribution >= 0.6 is 0 Å². The van der Waals surface area contributed by atoms with Crippen LogP contribution in [0.2, 0.25) is 0 Å². The van der Waals surface area contributed by atoms with Gasteiger partial charge >= 0.3 is 6.03 Å². The molecule has 3 aliphatic rings. The second kappa shape index (κ2) is 5.72. The molecule has 0 spiro atoms. The highest BCUT2D eigenvalue weighted by Gasteiger charge is 2.55. The van der Waals surface area contributed by atoms with E-state index in [-0.39, 0.29) is 18.5 Å². The first-order valence-electron chi connectivity index (χ1n) is 8.56. The van der Waals surface area contributed by atoms with E-state index in [1.54, 1.807) is 13.1 Å². The largest absolute Gasteiger partial charge is 0.328 e. The van der Waals surface area contributed by atoms with Gasteiger partial charge < -0.3 is 4.90 Å². The lowest BCUT2D eigenvalue weighted by atomic mass is 10.1. The van der Waals surface area contributed by atoms with Gasteiger partial charge in [0.2, 0.25) is 5.96 Å². The highest BCUT2D eigenvalue weighted by molar-refractivity contribution is 6.10. The molecule has 0 aliphatic carbocycles. The Morgan fingerprint density at radius 2 is 1.85 bits per heavy atom. The molecule has 3 heterocycles. The SMILES string of the molecule is C=CCN1C(=O)C2C(N=C3N(c4ccccc4)C(C)=C(C)N32)N(C)C1=O. The number of carbonyl (C=O) groups excluding carboxylic acids is 2. The first-order chi connectivity index (χ1) is 12.5. The molecule has 1 aromatic rings. The van der Waals surface area contributed by atoms with Crippen molar-refractivity contribution in [2.45, 2.75) is 26.1 Å². The summed E-state index contributed by atoms with van der Waals surface area (Å²) >= 11 is 0.